The van der Waals surface area contributed by atoms with Crippen LogP contribution in [0.2, 0.25) is 0 Å². The minimum absolute atomic E-state index is 0.0693. The Bertz CT molecular complexity index is 1210. The van der Waals surface area contributed by atoms with Gasteiger partial charge in [-0.3, -0.25) is 9.59 Å². The fourth-order valence-corrected chi connectivity index (χ4v) is 3.07. The van der Waals surface area contributed by atoms with Crippen LogP contribution in [-0.4, -0.2) is 24.2 Å². The molecule has 0 atom stereocenters. The Morgan fingerprint density at radius 2 is 1.41 bits per heavy atom. The fourth-order valence-electron chi connectivity index (χ4n) is 2.63. The lowest BCUT2D eigenvalue weighted by molar-refractivity contribution is 0.415. The molecule has 0 aliphatic heterocycles. The number of pyridine rings is 2. The van der Waals surface area contributed by atoms with Crippen LogP contribution in [-0.2, 0) is 0 Å². The first-order valence-electron chi connectivity index (χ1n) is 8.04. The summed E-state index contributed by atoms with van der Waals surface area (Å²) in [5.74, 6) is 1.50. The third kappa shape index (κ3) is 4.03. The highest BCUT2D eigenvalue weighted by molar-refractivity contribution is 9.10. The molecule has 2 heterocycles. The Kier molecular flexibility index (Phi) is 5.61. The van der Waals surface area contributed by atoms with Gasteiger partial charge in [0.05, 0.1) is 14.2 Å². The predicted octanol–water partition coefficient (Wildman–Crippen LogP) is 3.84. The van der Waals surface area contributed by atoms with Crippen molar-refractivity contribution in [2.75, 3.05) is 14.2 Å². The van der Waals surface area contributed by atoms with E-state index in [1.807, 2.05) is 18.2 Å². The minimum Gasteiger partial charge on any atom is -0.497 e. The molecule has 7 heteroatoms. The average Bonchev–Trinajstić information content (AvgIpc) is 2.71. The Balaban J connectivity index is 0.000000156. The van der Waals surface area contributed by atoms with Gasteiger partial charge in [0.15, 0.2) is 0 Å². The molecule has 0 aliphatic carbocycles. The van der Waals surface area contributed by atoms with Crippen molar-refractivity contribution in [1.82, 2.24) is 9.97 Å². The molecule has 138 valence electrons. The van der Waals surface area contributed by atoms with Crippen molar-refractivity contribution in [3.05, 3.63) is 80.0 Å². The Labute approximate surface area is 162 Å². The molecular weight excluding hydrogens is 412 g/mol. The van der Waals surface area contributed by atoms with Crippen LogP contribution in [0, 0.1) is 0 Å². The monoisotopic (exact) mass is 428 g/mol. The summed E-state index contributed by atoms with van der Waals surface area (Å²) in [6, 6.07) is 12.6. The number of aromatic amines is 2. The fraction of sp³-hybridized carbons (Fsp3) is 0.100. The second-order valence-electron chi connectivity index (χ2n) is 5.64. The van der Waals surface area contributed by atoms with E-state index in [9.17, 15) is 9.59 Å². The molecule has 0 fully saturated rings. The molecule has 4 aromatic rings. The average molecular weight is 429 g/mol. The van der Waals surface area contributed by atoms with Crippen LogP contribution < -0.4 is 20.6 Å². The lowest BCUT2D eigenvalue weighted by atomic mass is 10.2. The molecule has 0 bridgehead atoms. The molecule has 0 saturated heterocycles. The van der Waals surface area contributed by atoms with Crippen LogP contribution in [0.25, 0.3) is 21.5 Å². The van der Waals surface area contributed by atoms with Crippen molar-refractivity contribution in [1.29, 1.82) is 0 Å². The van der Waals surface area contributed by atoms with Gasteiger partial charge < -0.3 is 19.4 Å². The molecule has 0 aliphatic rings. The number of aromatic nitrogens is 2. The third-order valence-corrected chi connectivity index (χ3v) is 4.70. The molecule has 0 saturated carbocycles. The summed E-state index contributed by atoms with van der Waals surface area (Å²) in [6.45, 7) is 0. The summed E-state index contributed by atoms with van der Waals surface area (Å²) < 4.78 is 11.0. The standard InChI is InChI=1S/C10H8BrNO2.C10H9NO2/c1-14-6-2-3-7-8(4-6)9(11)5-12-10(7)13;1-13-8-2-3-9-7(6-8)4-5-11-10(9)12/h2-5H,1H3,(H,12,13);2-6H,1H3,(H,11,12). The van der Waals surface area contributed by atoms with Crippen molar-refractivity contribution in [3.63, 3.8) is 0 Å². The van der Waals surface area contributed by atoms with Gasteiger partial charge in [-0.1, -0.05) is 0 Å². The van der Waals surface area contributed by atoms with E-state index in [1.54, 1.807) is 50.9 Å². The molecule has 4 rings (SSSR count). The van der Waals surface area contributed by atoms with Crippen molar-refractivity contribution in [3.8, 4) is 11.5 Å². The van der Waals surface area contributed by atoms with E-state index in [0.717, 1.165) is 26.7 Å². The zero-order valence-electron chi connectivity index (χ0n) is 14.7. The molecule has 2 N–H and O–H groups in total. The van der Waals surface area contributed by atoms with E-state index in [0.29, 0.717) is 10.8 Å². The van der Waals surface area contributed by atoms with Crippen LogP contribution in [0.3, 0.4) is 0 Å². The zero-order valence-corrected chi connectivity index (χ0v) is 16.3. The van der Waals surface area contributed by atoms with Crippen LogP contribution >= 0.6 is 15.9 Å². The van der Waals surface area contributed by atoms with Gasteiger partial charge >= 0.3 is 0 Å². The van der Waals surface area contributed by atoms with Gasteiger partial charge in [0.1, 0.15) is 11.5 Å². The summed E-state index contributed by atoms with van der Waals surface area (Å²) in [5, 5.41) is 3.08. The number of hydrogen-bond donors (Lipinski definition) is 2. The molecule has 2 aromatic carbocycles. The van der Waals surface area contributed by atoms with E-state index < -0.39 is 0 Å². The first-order valence-corrected chi connectivity index (χ1v) is 8.83. The molecule has 2 aromatic heterocycles. The van der Waals surface area contributed by atoms with Gasteiger partial charge in [-0.2, -0.15) is 0 Å². The van der Waals surface area contributed by atoms with E-state index in [1.165, 1.54) is 0 Å². The first-order chi connectivity index (χ1) is 13.0. The van der Waals surface area contributed by atoms with Gasteiger partial charge in [0, 0.05) is 33.0 Å². The van der Waals surface area contributed by atoms with E-state index in [4.69, 9.17) is 9.47 Å². The van der Waals surface area contributed by atoms with Crippen molar-refractivity contribution < 1.29 is 9.47 Å². The minimum atomic E-state index is -0.0918. The number of H-pyrrole nitrogens is 2. The first kappa shape index (κ1) is 18.7. The lowest BCUT2D eigenvalue weighted by Crippen LogP contribution is -2.04. The summed E-state index contributed by atoms with van der Waals surface area (Å²) in [6.07, 6.45) is 3.26. The number of ether oxygens (including phenoxy) is 2. The zero-order chi connectivity index (χ0) is 19.4. The Morgan fingerprint density at radius 3 is 2.11 bits per heavy atom. The number of benzene rings is 2. The smallest absolute Gasteiger partial charge is 0.255 e. The highest BCUT2D eigenvalue weighted by atomic mass is 79.9. The van der Waals surface area contributed by atoms with E-state index in [-0.39, 0.29) is 11.1 Å². The molecule has 0 unspecified atom stereocenters. The normalized spacial score (nSPS) is 10.3. The second-order valence-corrected chi connectivity index (χ2v) is 6.49. The highest BCUT2D eigenvalue weighted by Crippen LogP contribution is 2.24. The summed E-state index contributed by atoms with van der Waals surface area (Å²) in [5.41, 5.74) is -0.161. The SMILES string of the molecule is COc1ccc2c(=O)[nH]cc(Br)c2c1.COc1ccc2c(=O)[nH]ccc2c1. The van der Waals surface area contributed by atoms with Crippen LogP contribution in [0.5, 0.6) is 11.5 Å². The van der Waals surface area contributed by atoms with Gasteiger partial charge in [-0.15, -0.1) is 0 Å². The number of fused-ring (bicyclic) bond motifs is 2. The molecule has 27 heavy (non-hydrogen) atoms. The number of nitrogens with one attached hydrogen (secondary N) is 2. The highest BCUT2D eigenvalue weighted by Gasteiger charge is 2.03. The number of methoxy groups -OCH3 is 2. The van der Waals surface area contributed by atoms with Gasteiger partial charge in [-0.25, -0.2) is 0 Å². The number of halogens is 1. The Morgan fingerprint density at radius 1 is 0.778 bits per heavy atom. The third-order valence-electron chi connectivity index (χ3n) is 4.04. The topological polar surface area (TPSA) is 84.2 Å². The van der Waals surface area contributed by atoms with Crippen LogP contribution in [0.4, 0.5) is 0 Å². The van der Waals surface area contributed by atoms with Gasteiger partial charge in [-0.05, 0) is 63.8 Å². The number of hydrogen-bond acceptors (Lipinski definition) is 4. The van der Waals surface area contributed by atoms with Crippen molar-refractivity contribution in [2.45, 2.75) is 0 Å². The molecule has 6 nitrogen and oxygen atoms in total. The second kappa shape index (κ2) is 8.09. The van der Waals surface area contributed by atoms with Gasteiger partial charge in [0.2, 0.25) is 0 Å². The maximum absolute atomic E-state index is 11.4. The quantitative estimate of drug-likeness (QED) is 0.507. The molecular formula is C20H17BrN2O4. The largest absolute Gasteiger partial charge is 0.497 e. The Hall–Kier alpha value is -3.06. The number of rotatable bonds is 2. The summed E-state index contributed by atoms with van der Waals surface area (Å²) >= 11 is 3.37. The van der Waals surface area contributed by atoms with Crippen molar-refractivity contribution in [2.24, 2.45) is 0 Å². The van der Waals surface area contributed by atoms with Crippen molar-refractivity contribution >= 4 is 37.5 Å². The molecule has 0 radical (unpaired) electrons. The van der Waals surface area contributed by atoms with Crippen LogP contribution in [0.1, 0.15) is 0 Å². The predicted molar refractivity (Wildman–Crippen MR) is 110 cm³/mol. The molecule has 0 spiro atoms. The lowest BCUT2D eigenvalue weighted by Gasteiger charge is -2.02. The van der Waals surface area contributed by atoms with Crippen LogP contribution in [0.15, 0.2) is 68.9 Å². The maximum atomic E-state index is 11.4. The maximum Gasteiger partial charge on any atom is 0.255 e. The van der Waals surface area contributed by atoms with E-state index in [2.05, 4.69) is 25.9 Å². The summed E-state index contributed by atoms with van der Waals surface area (Å²) in [7, 11) is 3.20. The van der Waals surface area contributed by atoms with E-state index >= 15 is 0 Å². The van der Waals surface area contributed by atoms with Gasteiger partial charge in [0.25, 0.3) is 11.1 Å². The summed E-state index contributed by atoms with van der Waals surface area (Å²) in [4.78, 5) is 27.9. The molecule has 0 amide bonds.